The van der Waals surface area contributed by atoms with E-state index >= 15 is 0 Å². The van der Waals surface area contributed by atoms with Gasteiger partial charge in [-0.3, -0.25) is 4.79 Å². The maximum atomic E-state index is 12.4. The third-order valence-corrected chi connectivity index (χ3v) is 5.04. The van der Waals surface area contributed by atoms with Crippen LogP contribution in [0.2, 0.25) is 0 Å². The molecule has 0 saturated heterocycles. The molecule has 5 nitrogen and oxygen atoms in total. The van der Waals surface area contributed by atoms with E-state index in [1.807, 2.05) is 12.3 Å². The van der Waals surface area contributed by atoms with Crippen molar-refractivity contribution in [3.63, 3.8) is 0 Å². The van der Waals surface area contributed by atoms with Crippen LogP contribution in [-0.2, 0) is 23.4 Å². The molecule has 1 aromatic heterocycles. The molecule has 0 radical (unpaired) electrons. The number of carbonyl (C=O) groups excluding carboxylic acids is 1. The van der Waals surface area contributed by atoms with Gasteiger partial charge in [-0.15, -0.1) is 0 Å². The van der Waals surface area contributed by atoms with Crippen molar-refractivity contribution in [2.75, 3.05) is 6.26 Å². The van der Waals surface area contributed by atoms with Crippen molar-refractivity contribution in [1.82, 2.24) is 15.5 Å². The SMILES string of the molecule is CSCc1noc(CCC(=O)N[C@@H]2c3ccccc3CC[C@@H]2C)n1. The van der Waals surface area contributed by atoms with E-state index in [4.69, 9.17) is 4.52 Å². The Hall–Kier alpha value is -1.82. The molecule has 1 amide bonds. The van der Waals surface area contributed by atoms with Gasteiger partial charge in [0.1, 0.15) is 0 Å². The molecule has 0 fully saturated rings. The minimum absolute atomic E-state index is 0.0353. The summed E-state index contributed by atoms with van der Waals surface area (Å²) in [5.41, 5.74) is 2.60. The molecule has 1 aliphatic carbocycles. The zero-order valence-corrected chi connectivity index (χ0v) is 14.9. The Morgan fingerprint density at radius 3 is 3.08 bits per heavy atom. The maximum absolute atomic E-state index is 12.4. The summed E-state index contributed by atoms with van der Waals surface area (Å²) in [6.07, 6.45) is 5.03. The lowest BCUT2D eigenvalue weighted by molar-refractivity contribution is -0.122. The van der Waals surface area contributed by atoms with E-state index in [0.29, 0.717) is 30.5 Å². The maximum Gasteiger partial charge on any atom is 0.227 e. The number of carbonyl (C=O) groups is 1. The summed E-state index contributed by atoms with van der Waals surface area (Å²) in [6.45, 7) is 2.20. The molecule has 2 atom stereocenters. The molecule has 3 rings (SSSR count). The van der Waals surface area contributed by atoms with Gasteiger partial charge in [0.2, 0.25) is 11.8 Å². The summed E-state index contributed by atoms with van der Waals surface area (Å²) < 4.78 is 5.18. The fourth-order valence-corrected chi connectivity index (χ4v) is 3.56. The van der Waals surface area contributed by atoms with E-state index in [9.17, 15) is 4.79 Å². The molecule has 2 aromatic rings. The number of fused-ring (bicyclic) bond motifs is 1. The number of hydrogen-bond donors (Lipinski definition) is 1. The Labute approximate surface area is 146 Å². The van der Waals surface area contributed by atoms with Gasteiger partial charge in [-0.25, -0.2) is 0 Å². The minimum Gasteiger partial charge on any atom is -0.349 e. The van der Waals surface area contributed by atoms with Gasteiger partial charge >= 0.3 is 0 Å². The van der Waals surface area contributed by atoms with Crippen molar-refractivity contribution in [1.29, 1.82) is 0 Å². The van der Waals surface area contributed by atoms with Crippen LogP contribution in [0.15, 0.2) is 28.8 Å². The van der Waals surface area contributed by atoms with Crippen LogP contribution < -0.4 is 5.32 Å². The van der Waals surface area contributed by atoms with Gasteiger partial charge in [0, 0.05) is 12.8 Å². The first-order valence-corrected chi connectivity index (χ1v) is 9.74. The van der Waals surface area contributed by atoms with Crippen LogP contribution >= 0.6 is 11.8 Å². The van der Waals surface area contributed by atoms with Gasteiger partial charge in [0.15, 0.2) is 5.82 Å². The Kier molecular flexibility index (Phi) is 5.56. The second-order valence-electron chi connectivity index (χ2n) is 6.30. The first-order chi connectivity index (χ1) is 11.7. The molecule has 0 aliphatic heterocycles. The fourth-order valence-electron chi connectivity index (χ4n) is 3.19. The second-order valence-corrected chi connectivity index (χ2v) is 7.16. The molecule has 6 heteroatoms. The van der Waals surface area contributed by atoms with Crippen LogP contribution in [0.4, 0.5) is 0 Å². The zero-order valence-electron chi connectivity index (χ0n) is 14.1. The highest BCUT2D eigenvalue weighted by atomic mass is 32.2. The number of amides is 1. The highest BCUT2D eigenvalue weighted by molar-refractivity contribution is 7.97. The summed E-state index contributed by atoms with van der Waals surface area (Å²) >= 11 is 1.65. The quantitative estimate of drug-likeness (QED) is 0.870. The van der Waals surface area contributed by atoms with Crippen LogP contribution in [0, 0.1) is 5.92 Å². The lowest BCUT2D eigenvalue weighted by Crippen LogP contribution is -2.35. The van der Waals surface area contributed by atoms with Crippen molar-refractivity contribution in [2.24, 2.45) is 5.92 Å². The molecule has 1 heterocycles. The number of rotatable bonds is 6. The monoisotopic (exact) mass is 345 g/mol. The summed E-state index contributed by atoms with van der Waals surface area (Å²) in [4.78, 5) is 16.7. The average molecular weight is 345 g/mol. The number of benzene rings is 1. The number of nitrogens with zero attached hydrogens (tertiary/aromatic N) is 2. The molecule has 0 unspecified atom stereocenters. The number of hydrogen-bond acceptors (Lipinski definition) is 5. The summed E-state index contributed by atoms with van der Waals surface area (Å²) in [5, 5.41) is 7.10. The van der Waals surface area contributed by atoms with Gasteiger partial charge in [0.05, 0.1) is 11.8 Å². The van der Waals surface area contributed by atoms with E-state index in [1.165, 1.54) is 11.1 Å². The van der Waals surface area contributed by atoms with E-state index < -0.39 is 0 Å². The van der Waals surface area contributed by atoms with Gasteiger partial charge in [-0.2, -0.15) is 16.7 Å². The molecule has 1 aliphatic rings. The van der Waals surface area contributed by atoms with Crippen molar-refractivity contribution < 1.29 is 9.32 Å². The minimum atomic E-state index is 0.0353. The number of thioether (sulfide) groups is 1. The number of aromatic nitrogens is 2. The van der Waals surface area contributed by atoms with E-state index in [-0.39, 0.29) is 11.9 Å². The largest absolute Gasteiger partial charge is 0.349 e. The molecular formula is C18H23N3O2S. The molecule has 24 heavy (non-hydrogen) atoms. The molecule has 0 bridgehead atoms. The Balaban J connectivity index is 1.58. The summed E-state index contributed by atoms with van der Waals surface area (Å²) in [6, 6.07) is 8.49. The van der Waals surface area contributed by atoms with Crippen LogP contribution in [0.25, 0.3) is 0 Å². The number of nitrogens with one attached hydrogen (secondary N) is 1. The second kappa shape index (κ2) is 7.83. The van der Waals surface area contributed by atoms with Crippen LogP contribution in [0.1, 0.15) is 48.6 Å². The Morgan fingerprint density at radius 2 is 2.25 bits per heavy atom. The third kappa shape index (κ3) is 3.98. The molecule has 128 valence electrons. The molecular weight excluding hydrogens is 322 g/mol. The standard InChI is InChI=1S/C18H23N3O2S/c1-12-7-8-13-5-3-4-6-14(13)18(12)20-16(22)9-10-17-19-15(11-24-2)21-23-17/h3-6,12,18H,7-11H2,1-2H3,(H,20,22)/t12-,18-/m0/s1. The zero-order chi connectivity index (χ0) is 16.9. The normalized spacial score (nSPS) is 19.8. The fraction of sp³-hybridized carbons (Fsp3) is 0.500. The highest BCUT2D eigenvalue weighted by Gasteiger charge is 2.27. The van der Waals surface area contributed by atoms with Crippen LogP contribution in [0.5, 0.6) is 0 Å². The van der Waals surface area contributed by atoms with E-state index in [2.05, 4.69) is 40.6 Å². The van der Waals surface area contributed by atoms with Gasteiger partial charge in [0.25, 0.3) is 0 Å². The predicted molar refractivity (Wildman–Crippen MR) is 94.6 cm³/mol. The summed E-state index contributed by atoms with van der Waals surface area (Å²) in [7, 11) is 0. The van der Waals surface area contributed by atoms with Crippen molar-refractivity contribution in [2.45, 2.75) is 44.4 Å². The molecule has 0 saturated carbocycles. The van der Waals surface area contributed by atoms with Crippen molar-refractivity contribution in [3.05, 3.63) is 47.1 Å². The molecule has 1 N–H and O–H groups in total. The average Bonchev–Trinajstić information content (AvgIpc) is 3.04. The third-order valence-electron chi connectivity index (χ3n) is 4.49. The van der Waals surface area contributed by atoms with Crippen molar-refractivity contribution >= 4 is 17.7 Å². The first-order valence-electron chi connectivity index (χ1n) is 8.35. The first kappa shape index (κ1) is 17.0. The highest BCUT2D eigenvalue weighted by Crippen LogP contribution is 2.34. The predicted octanol–water partition coefficient (Wildman–Crippen LogP) is 3.31. The van der Waals surface area contributed by atoms with E-state index in [1.54, 1.807) is 11.8 Å². The van der Waals surface area contributed by atoms with Gasteiger partial charge in [-0.05, 0) is 36.1 Å². The lowest BCUT2D eigenvalue weighted by atomic mass is 9.80. The lowest BCUT2D eigenvalue weighted by Gasteiger charge is -2.32. The van der Waals surface area contributed by atoms with Crippen LogP contribution in [-0.4, -0.2) is 22.3 Å². The topological polar surface area (TPSA) is 68.0 Å². The smallest absolute Gasteiger partial charge is 0.227 e. The van der Waals surface area contributed by atoms with Gasteiger partial charge in [-0.1, -0.05) is 36.3 Å². The molecule has 1 aromatic carbocycles. The summed E-state index contributed by atoms with van der Waals surface area (Å²) in [5.74, 6) is 2.43. The van der Waals surface area contributed by atoms with E-state index in [0.717, 1.165) is 18.6 Å². The Morgan fingerprint density at radius 1 is 1.42 bits per heavy atom. The Bertz CT molecular complexity index is 701. The van der Waals surface area contributed by atoms with Gasteiger partial charge < -0.3 is 9.84 Å². The van der Waals surface area contributed by atoms with Crippen LogP contribution in [0.3, 0.4) is 0 Å². The van der Waals surface area contributed by atoms with Crippen molar-refractivity contribution in [3.8, 4) is 0 Å². The number of aryl methyl sites for hydroxylation is 2. The molecule has 0 spiro atoms.